The summed E-state index contributed by atoms with van der Waals surface area (Å²) in [4.78, 5) is 37.4. The molecule has 24 heavy (non-hydrogen) atoms. The van der Waals surface area contributed by atoms with Crippen LogP contribution in [0, 0.1) is 0 Å². The number of hydrogen-bond acceptors (Lipinski definition) is 5. The second-order valence-electron chi connectivity index (χ2n) is 6.08. The maximum Gasteiger partial charge on any atom is 0.341 e. The molecule has 0 spiro atoms. The van der Waals surface area contributed by atoms with Gasteiger partial charge in [-0.25, -0.2) is 4.79 Å². The fraction of sp³-hybridized carbons (Fsp3) is 0.562. The number of fused-ring (bicyclic) bond motifs is 1. The summed E-state index contributed by atoms with van der Waals surface area (Å²) in [6.07, 6.45) is 4.00. The quantitative estimate of drug-likeness (QED) is 0.654. The number of ether oxygens (including phenoxy) is 1. The normalized spacial score (nSPS) is 20.0. The molecule has 7 nitrogen and oxygen atoms in total. The van der Waals surface area contributed by atoms with Gasteiger partial charge in [-0.15, -0.1) is 11.3 Å². The molecule has 2 aliphatic rings. The van der Waals surface area contributed by atoms with Crippen LogP contribution in [0.5, 0.6) is 0 Å². The highest BCUT2D eigenvalue weighted by molar-refractivity contribution is 7.17. The van der Waals surface area contributed by atoms with Crippen LogP contribution in [0.15, 0.2) is 0 Å². The maximum absolute atomic E-state index is 12.3. The van der Waals surface area contributed by atoms with Crippen molar-refractivity contribution in [3.63, 3.8) is 0 Å². The van der Waals surface area contributed by atoms with E-state index in [2.05, 4.69) is 10.6 Å². The third kappa shape index (κ3) is 3.44. The first-order valence-electron chi connectivity index (χ1n) is 8.24. The molecule has 1 aromatic rings. The summed E-state index contributed by atoms with van der Waals surface area (Å²) in [5, 5.41) is 8.01. The van der Waals surface area contributed by atoms with Gasteiger partial charge in [-0.05, 0) is 31.2 Å². The number of anilines is 1. The fourth-order valence-corrected chi connectivity index (χ4v) is 4.54. The van der Waals surface area contributed by atoms with Crippen molar-refractivity contribution in [1.29, 1.82) is 0 Å². The largest absolute Gasteiger partial charge is 0.465 e. The van der Waals surface area contributed by atoms with Gasteiger partial charge in [0.05, 0.1) is 32.2 Å². The van der Waals surface area contributed by atoms with Gasteiger partial charge in [-0.3, -0.25) is 9.59 Å². The number of quaternary nitrogens is 1. The highest BCUT2D eigenvalue weighted by Gasteiger charge is 2.30. The molecule has 0 unspecified atom stereocenters. The molecule has 1 saturated heterocycles. The third-order valence-corrected chi connectivity index (χ3v) is 5.66. The molecule has 1 atom stereocenters. The lowest BCUT2D eigenvalue weighted by atomic mass is 9.95. The van der Waals surface area contributed by atoms with Crippen LogP contribution in [0.1, 0.15) is 40.1 Å². The van der Waals surface area contributed by atoms with E-state index in [9.17, 15) is 14.4 Å². The summed E-state index contributed by atoms with van der Waals surface area (Å²) >= 11 is 1.45. The van der Waals surface area contributed by atoms with Crippen LogP contribution in [0.25, 0.3) is 0 Å². The highest BCUT2D eigenvalue weighted by atomic mass is 32.1. The van der Waals surface area contributed by atoms with Crippen molar-refractivity contribution in [3.05, 3.63) is 16.0 Å². The predicted octanol–water partition coefficient (Wildman–Crippen LogP) is -0.196. The number of methoxy groups -OCH3 is 1. The standard InChI is InChI=1S/C16H21N3O4S/c1-23-16(22)13-9-4-2-3-5-11(9)24-15(13)19-12(20)8-10-14(21)18-7-6-17-10/h10,17H,2-8H2,1H3,(H,18,21)(H,19,20)/p+1/t10-/m0/s1. The Labute approximate surface area is 144 Å². The van der Waals surface area contributed by atoms with Crippen LogP contribution < -0.4 is 16.0 Å². The number of nitrogens with one attached hydrogen (secondary N) is 2. The number of nitrogens with two attached hydrogens (primary N) is 1. The lowest BCUT2D eigenvalue weighted by Crippen LogP contribution is -2.96. The van der Waals surface area contributed by atoms with Gasteiger partial charge in [0, 0.05) is 4.88 Å². The van der Waals surface area contributed by atoms with E-state index in [-0.39, 0.29) is 18.2 Å². The van der Waals surface area contributed by atoms with Crippen molar-refractivity contribution in [2.24, 2.45) is 0 Å². The van der Waals surface area contributed by atoms with Gasteiger partial charge >= 0.3 is 5.97 Å². The van der Waals surface area contributed by atoms with E-state index < -0.39 is 12.0 Å². The molecule has 2 heterocycles. The van der Waals surface area contributed by atoms with Crippen molar-refractivity contribution < 1.29 is 24.4 Å². The Bertz CT molecular complexity index is 671. The molecule has 4 N–H and O–H groups in total. The Kier molecular flexibility index (Phi) is 5.15. The number of rotatable bonds is 4. The molecule has 1 aromatic heterocycles. The van der Waals surface area contributed by atoms with E-state index in [1.165, 1.54) is 18.4 Å². The maximum atomic E-state index is 12.3. The molecular formula is C16H22N3O4S+. The smallest absolute Gasteiger partial charge is 0.341 e. The summed E-state index contributed by atoms with van der Waals surface area (Å²) in [7, 11) is 1.35. The van der Waals surface area contributed by atoms with Crippen LogP contribution in [0.2, 0.25) is 0 Å². The Balaban J connectivity index is 1.76. The average Bonchev–Trinajstić information content (AvgIpc) is 2.94. The summed E-state index contributed by atoms with van der Waals surface area (Å²) in [6.45, 7) is 1.39. The van der Waals surface area contributed by atoms with E-state index in [4.69, 9.17) is 4.74 Å². The molecule has 130 valence electrons. The number of carbonyl (C=O) groups is 3. The van der Waals surface area contributed by atoms with Crippen molar-refractivity contribution in [3.8, 4) is 0 Å². The molecule has 1 aliphatic carbocycles. The van der Waals surface area contributed by atoms with Gasteiger partial charge in [0.25, 0.3) is 5.91 Å². The zero-order valence-corrected chi connectivity index (χ0v) is 14.5. The Morgan fingerprint density at radius 3 is 2.92 bits per heavy atom. The van der Waals surface area contributed by atoms with Crippen LogP contribution in [0.4, 0.5) is 5.00 Å². The number of piperazine rings is 1. The van der Waals surface area contributed by atoms with E-state index in [1.807, 2.05) is 5.32 Å². The molecule has 0 saturated carbocycles. The number of aryl methyl sites for hydroxylation is 1. The number of amides is 2. The summed E-state index contributed by atoms with van der Waals surface area (Å²) in [5.74, 6) is -0.779. The van der Waals surface area contributed by atoms with E-state index >= 15 is 0 Å². The van der Waals surface area contributed by atoms with E-state index in [0.717, 1.165) is 42.7 Å². The Morgan fingerprint density at radius 1 is 1.38 bits per heavy atom. The van der Waals surface area contributed by atoms with Crippen molar-refractivity contribution in [2.45, 2.75) is 38.1 Å². The summed E-state index contributed by atoms with van der Waals surface area (Å²) in [5.41, 5.74) is 1.50. The van der Waals surface area contributed by atoms with Crippen molar-refractivity contribution >= 4 is 34.1 Å². The van der Waals surface area contributed by atoms with Gasteiger partial charge in [-0.1, -0.05) is 0 Å². The van der Waals surface area contributed by atoms with Gasteiger partial charge < -0.3 is 20.7 Å². The van der Waals surface area contributed by atoms with Crippen LogP contribution in [0.3, 0.4) is 0 Å². The van der Waals surface area contributed by atoms with Gasteiger partial charge in [0.15, 0.2) is 6.04 Å². The molecular weight excluding hydrogens is 330 g/mol. The fourth-order valence-electron chi connectivity index (χ4n) is 3.24. The third-order valence-electron chi connectivity index (χ3n) is 4.45. The number of carbonyl (C=O) groups excluding carboxylic acids is 3. The lowest BCUT2D eigenvalue weighted by molar-refractivity contribution is -0.678. The molecule has 0 radical (unpaired) electrons. The molecule has 0 bridgehead atoms. The van der Waals surface area contributed by atoms with E-state index in [0.29, 0.717) is 17.1 Å². The monoisotopic (exact) mass is 352 g/mol. The zero-order chi connectivity index (χ0) is 17.1. The van der Waals surface area contributed by atoms with Crippen LogP contribution >= 0.6 is 11.3 Å². The number of thiophene rings is 1. The average molecular weight is 352 g/mol. The zero-order valence-electron chi connectivity index (χ0n) is 13.6. The highest BCUT2D eigenvalue weighted by Crippen LogP contribution is 2.38. The first-order chi connectivity index (χ1) is 11.6. The first-order valence-corrected chi connectivity index (χ1v) is 9.05. The molecule has 3 rings (SSSR count). The summed E-state index contributed by atoms with van der Waals surface area (Å²) < 4.78 is 4.90. The minimum Gasteiger partial charge on any atom is -0.465 e. The lowest BCUT2D eigenvalue weighted by Gasteiger charge is -2.19. The van der Waals surface area contributed by atoms with Gasteiger partial charge in [-0.2, -0.15) is 0 Å². The predicted molar refractivity (Wildman–Crippen MR) is 89.1 cm³/mol. The number of hydrogen-bond donors (Lipinski definition) is 3. The Hall–Kier alpha value is -1.93. The van der Waals surface area contributed by atoms with Crippen LogP contribution in [-0.4, -0.2) is 44.0 Å². The molecule has 2 amide bonds. The molecule has 1 aliphatic heterocycles. The second-order valence-corrected chi connectivity index (χ2v) is 7.19. The summed E-state index contributed by atoms with van der Waals surface area (Å²) in [6, 6.07) is -0.407. The first kappa shape index (κ1) is 16.9. The minimum absolute atomic E-state index is 0.0923. The van der Waals surface area contributed by atoms with Gasteiger partial charge in [0.2, 0.25) is 5.91 Å². The number of esters is 1. The van der Waals surface area contributed by atoms with Crippen LogP contribution in [-0.2, 0) is 27.2 Å². The SMILES string of the molecule is COC(=O)c1c(NC(=O)C[C@@H]2[NH2+]CCNC2=O)sc2c1CCCC2. The Morgan fingerprint density at radius 2 is 2.17 bits per heavy atom. The molecule has 1 fully saturated rings. The van der Waals surface area contributed by atoms with E-state index in [1.54, 1.807) is 0 Å². The topological polar surface area (TPSA) is 101 Å². The van der Waals surface area contributed by atoms with Crippen molar-refractivity contribution in [1.82, 2.24) is 5.32 Å². The second kappa shape index (κ2) is 7.31. The minimum atomic E-state index is -0.410. The molecule has 0 aromatic carbocycles. The van der Waals surface area contributed by atoms with Gasteiger partial charge in [0.1, 0.15) is 5.00 Å². The van der Waals surface area contributed by atoms with Crippen molar-refractivity contribution in [2.75, 3.05) is 25.5 Å². The molecule has 8 heteroatoms.